The Morgan fingerprint density at radius 3 is 2.87 bits per heavy atom. The number of nitrogens with zero attached hydrogens (tertiary/aromatic N) is 2. The molecule has 0 aromatic carbocycles. The molecule has 0 saturated heterocycles. The van der Waals surface area contributed by atoms with Crippen molar-refractivity contribution >= 4 is 22.5 Å². The summed E-state index contributed by atoms with van der Waals surface area (Å²) in [5.74, 6) is 0. The molecular formula is C11H11ClN2O. The summed E-state index contributed by atoms with van der Waals surface area (Å²) in [5.41, 5.74) is 1.61. The minimum atomic E-state index is 0.0345. The quantitative estimate of drug-likeness (QED) is 0.695. The third-order valence-corrected chi connectivity index (χ3v) is 2.65. The van der Waals surface area contributed by atoms with E-state index in [1.807, 2.05) is 19.9 Å². The lowest BCUT2D eigenvalue weighted by atomic mass is 10.2. The molecule has 0 spiro atoms. The molecule has 2 aromatic heterocycles. The molecule has 78 valence electrons. The lowest BCUT2D eigenvalue weighted by Gasteiger charge is -2.08. The highest BCUT2D eigenvalue weighted by molar-refractivity contribution is 6.29. The van der Waals surface area contributed by atoms with Gasteiger partial charge in [-0.25, -0.2) is 4.98 Å². The topological polar surface area (TPSA) is 34.9 Å². The maximum absolute atomic E-state index is 11.8. The Hall–Kier alpha value is -1.35. The Morgan fingerprint density at radius 1 is 1.47 bits per heavy atom. The van der Waals surface area contributed by atoms with Crippen LogP contribution in [0.2, 0.25) is 5.15 Å². The molecule has 0 bridgehead atoms. The molecule has 0 unspecified atom stereocenters. The predicted octanol–water partition coefficient (Wildman–Crippen LogP) is 2.38. The van der Waals surface area contributed by atoms with Gasteiger partial charge in [0.25, 0.3) is 5.56 Å². The summed E-state index contributed by atoms with van der Waals surface area (Å²) in [6.07, 6.45) is 1.69. The van der Waals surface area contributed by atoms with Gasteiger partial charge >= 0.3 is 0 Å². The highest BCUT2D eigenvalue weighted by Gasteiger charge is 2.05. The number of halogens is 1. The van der Waals surface area contributed by atoms with Crippen molar-refractivity contribution in [2.45, 2.75) is 20.4 Å². The van der Waals surface area contributed by atoms with Gasteiger partial charge in [-0.2, -0.15) is 0 Å². The summed E-state index contributed by atoms with van der Waals surface area (Å²) in [6.45, 7) is 4.38. The van der Waals surface area contributed by atoms with Crippen molar-refractivity contribution < 1.29 is 0 Å². The summed E-state index contributed by atoms with van der Waals surface area (Å²) in [5, 5.41) is 1.35. The number of rotatable bonds is 1. The van der Waals surface area contributed by atoms with Gasteiger partial charge in [0.2, 0.25) is 0 Å². The van der Waals surface area contributed by atoms with E-state index in [1.165, 1.54) is 0 Å². The van der Waals surface area contributed by atoms with Crippen LogP contribution < -0.4 is 5.56 Å². The van der Waals surface area contributed by atoms with E-state index in [4.69, 9.17) is 11.6 Å². The van der Waals surface area contributed by atoms with E-state index < -0.39 is 0 Å². The Kier molecular flexibility index (Phi) is 2.49. The average molecular weight is 223 g/mol. The van der Waals surface area contributed by atoms with Crippen LogP contribution in [0.25, 0.3) is 10.9 Å². The van der Waals surface area contributed by atoms with Gasteiger partial charge in [-0.05, 0) is 26.0 Å². The highest BCUT2D eigenvalue weighted by atomic mass is 35.5. The van der Waals surface area contributed by atoms with Gasteiger partial charge < -0.3 is 4.57 Å². The minimum Gasteiger partial charge on any atom is -0.308 e. The minimum absolute atomic E-state index is 0.0345. The third-order valence-electron chi connectivity index (χ3n) is 2.44. The summed E-state index contributed by atoms with van der Waals surface area (Å²) >= 11 is 5.81. The summed E-state index contributed by atoms with van der Waals surface area (Å²) in [7, 11) is 0. The average Bonchev–Trinajstić information content (AvgIpc) is 2.21. The molecule has 0 aliphatic rings. The van der Waals surface area contributed by atoms with Crippen molar-refractivity contribution in [1.29, 1.82) is 0 Å². The molecule has 0 radical (unpaired) electrons. The predicted molar refractivity (Wildman–Crippen MR) is 61.4 cm³/mol. The molecule has 3 nitrogen and oxygen atoms in total. The van der Waals surface area contributed by atoms with Crippen LogP contribution in [0.1, 0.15) is 12.5 Å². The fourth-order valence-corrected chi connectivity index (χ4v) is 1.86. The van der Waals surface area contributed by atoms with Crippen LogP contribution in [0.5, 0.6) is 0 Å². The number of fused-ring (bicyclic) bond motifs is 1. The van der Waals surface area contributed by atoms with Gasteiger partial charge in [-0.3, -0.25) is 4.79 Å². The Bertz CT molecular complexity index is 575. The van der Waals surface area contributed by atoms with Gasteiger partial charge in [-0.1, -0.05) is 11.6 Å². The van der Waals surface area contributed by atoms with E-state index in [1.54, 1.807) is 16.8 Å². The van der Waals surface area contributed by atoms with Gasteiger partial charge in [0.15, 0.2) is 0 Å². The molecule has 0 atom stereocenters. The van der Waals surface area contributed by atoms with Crippen molar-refractivity contribution in [2.24, 2.45) is 0 Å². The fourth-order valence-electron chi connectivity index (χ4n) is 1.71. The monoisotopic (exact) mass is 222 g/mol. The molecule has 0 aliphatic heterocycles. The first-order valence-electron chi connectivity index (χ1n) is 4.79. The van der Waals surface area contributed by atoms with Crippen molar-refractivity contribution in [2.75, 3.05) is 0 Å². The molecule has 0 fully saturated rings. The SMILES string of the molecule is CCn1c(=O)c(C)cc2cnc(Cl)cc21. The zero-order valence-corrected chi connectivity index (χ0v) is 9.38. The van der Waals surface area contributed by atoms with Gasteiger partial charge in [0.1, 0.15) is 5.15 Å². The Balaban J connectivity index is 2.96. The van der Waals surface area contributed by atoms with Gasteiger partial charge in [0, 0.05) is 23.7 Å². The van der Waals surface area contributed by atoms with Crippen molar-refractivity contribution in [1.82, 2.24) is 9.55 Å². The van der Waals surface area contributed by atoms with Crippen LogP contribution in [0.4, 0.5) is 0 Å². The largest absolute Gasteiger partial charge is 0.308 e. The van der Waals surface area contributed by atoms with E-state index in [0.29, 0.717) is 11.7 Å². The molecule has 2 rings (SSSR count). The number of aryl methyl sites for hydroxylation is 2. The number of pyridine rings is 2. The second-order valence-corrected chi connectivity index (χ2v) is 3.83. The third kappa shape index (κ3) is 1.63. The van der Waals surface area contributed by atoms with E-state index >= 15 is 0 Å². The zero-order chi connectivity index (χ0) is 11.0. The van der Waals surface area contributed by atoms with Crippen LogP contribution in [-0.2, 0) is 6.54 Å². The molecule has 4 heteroatoms. The Labute approximate surface area is 92.3 Å². The molecule has 0 saturated carbocycles. The summed E-state index contributed by atoms with van der Waals surface area (Å²) in [4.78, 5) is 15.8. The standard InChI is InChI=1S/C11H11ClN2O/c1-3-14-9-5-10(12)13-6-8(9)4-7(2)11(14)15/h4-6H,3H2,1-2H3. The van der Waals surface area contributed by atoms with Crippen molar-refractivity contribution in [3.05, 3.63) is 39.4 Å². The summed E-state index contributed by atoms with van der Waals surface area (Å²) in [6, 6.07) is 3.56. The highest BCUT2D eigenvalue weighted by Crippen LogP contribution is 2.16. The molecule has 2 heterocycles. The first-order valence-corrected chi connectivity index (χ1v) is 5.17. The second-order valence-electron chi connectivity index (χ2n) is 3.44. The lowest BCUT2D eigenvalue weighted by Crippen LogP contribution is -2.21. The summed E-state index contributed by atoms with van der Waals surface area (Å²) < 4.78 is 1.71. The first-order chi connectivity index (χ1) is 7.13. The first kappa shape index (κ1) is 10.2. The maximum atomic E-state index is 11.8. The smallest absolute Gasteiger partial charge is 0.253 e. The molecule has 2 aromatic rings. The van der Waals surface area contributed by atoms with Crippen molar-refractivity contribution in [3.8, 4) is 0 Å². The number of hydrogen-bond acceptors (Lipinski definition) is 2. The van der Waals surface area contributed by atoms with Crippen LogP contribution >= 0.6 is 11.6 Å². The lowest BCUT2D eigenvalue weighted by molar-refractivity contribution is 0.753. The Morgan fingerprint density at radius 2 is 2.20 bits per heavy atom. The van der Waals surface area contributed by atoms with Crippen LogP contribution in [0.3, 0.4) is 0 Å². The normalized spacial score (nSPS) is 10.9. The molecule has 15 heavy (non-hydrogen) atoms. The number of aromatic nitrogens is 2. The fraction of sp³-hybridized carbons (Fsp3) is 0.273. The van der Waals surface area contributed by atoms with E-state index in [-0.39, 0.29) is 5.56 Å². The van der Waals surface area contributed by atoms with E-state index in [9.17, 15) is 4.79 Å². The van der Waals surface area contributed by atoms with Crippen LogP contribution in [-0.4, -0.2) is 9.55 Å². The van der Waals surface area contributed by atoms with Gasteiger partial charge in [0.05, 0.1) is 5.52 Å². The van der Waals surface area contributed by atoms with Crippen molar-refractivity contribution in [3.63, 3.8) is 0 Å². The zero-order valence-electron chi connectivity index (χ0n) is 8.62. The molecule has 0 aliphatic carbocycles. The van der Waals surface area contributed by atoms with E-state index in [0.717, 1.165) is 16.5 Å². The molecule has 0 N–H and O–H groups in total. The van der Waals surface area contributed by atoms with Crippen LogP contribution in [0.15, 0.2) is 23.1 Å². The van der Waals surface area contributed by atoms with E-state index in [2.05, 4.69) is 4.98 Å². The van der Waals surface area contributed by atoms with Gasteiger partial charge in [-0.15, -0.1) is 0 Å². The molecule has 0 amide bonds. The maximum Gasteiger partial charge on any atom is 0.253 e. The second kappa shape index (κ2) is 3.66. The number of hydrogen-bond donors (Lipinski definition) is 0. The van der Waals surface area contributed by atoms with Crippen LogP contribution in [0, 0.1) is 6.92 Å². The molecular weight excluding hydrogens is 212 g/mol.